The predicted octanol–water partition coefficient (Wildman–Crippen LogP) is 15.4. The summed E-state index contributed by atoms with van der Waals surface area (Å²) >= 11 is 0. The second-order valence-corrected chi connectivity index (χ2v) is 16.5. The van der Waals surface area contributed by atoms with Gasteiger partial charge in [-0.25, -0.2) is 0 Å². The van der Waals surface area contributed by atoms with Crippen LogP contribution in [0.4, 0.5) is 0 Å². The minimum absolute atomic E-state index is 0.0400. The summed E-state index contributed by atoms with van der Waals surface area (Å²) in [6, 6.07) is -0.529. The van der Waals surface area contributed by atoms with Gasteiger partial charge in [-0.15, -0.1) is 0 Å². The van der Waals surface area contributed by atoms with Crippen LogP contribution in [0.5, 0.6) is 0 Å². The summed E-state index contributed by atoms with van der Waals surface area (Å²) in [6.45, 7) is 4.21. The molecule has 0 fully saturated rings. The summed E-state index contributed by atoms with van der Waals surface area (Å²) in [6.07, 6.45) is 61.9. The van der Waals surface area contributed by atoms with Crippen LogP contribution in [0.3, 0.4) is 0 Å². The Kier molecular flexibility index (Phi) is 44.8. The molecule has 0 bridgehead atoms. The maximum Gasteiger partial charge on any atom is 0.220 e. The second kappa shape index (κ2) is 46.0. The van der Waals surface area contributed by atoms with Crippen molar-refractivity contribution in [2.75, 3.05) is 6.61 Å². The number of allylic oxidation sites excluding steroid dienone is 6. The topological polar surface area (TPSA) is 69.6 Å². The first kappa shape index (κ1) is 52.6. The number of hydrogen-bond acceptors (Lipinski definition) is 3. The van der Waals surface area contributed by atoms with Crippen molar-refractivity contribution >= 4 is 5.91 Å². The van der Waals surface area contributed by atoms with E-state index >= 15 is 0 Å². The van der Waals surface area contributed by atoms with E-state index < -0.39 is 12.1 Å². The predicted molar refractivity (Wildman–Crippen MR) is 239 cm³/mol. The monoisotopic (exact) mass is 758 g/mol. The molecule has 0 heterocycles. The molecule has 2 unspecified atom stereocenters. The van der Waals surface area contributed by atoms with Crippen molar-refractivity contribution < 1.29 is 15.0 Å². The van der Waals surface area contributed by atoms with Crippen LogP contribution in [0.25, 0.3) is 0 Å². The number of carbonyl (C=O) groups excluding carboxylic acids is 1. The zero-order chi connectivity index (χ0) is 39.3. The molecule has 0 aromatic carbocycles. The van der Waals surface area contributed by atoms with Crippen LogP contribution in [-0.4, -0.2) is 34.9 Å². The lowest BCUT2D eigenvalue weighted by molar-refractivity contribution is -0.123. The minimum Gasteiger partial charge on any atom is -0.394 e. The van der Waals surface area contributed by atoms with Crippen molar-refractivity contribution in [1.82, 2.24) is 5.32 Å². The van der Waals surface area contributed by atoms with E-state index in [1.54, 1.807) is 0 Å². The van der Waals surface area contributed by atoms with Crippen molar-refractivity contribution in [2.24, 2.45) is 0 Å². The number of carbonyl (C=O) groups is 1. The van der Waals surface area contributed by atoms with E-state index in [0.29, 0.717) is 12.8 Å². The minimum atomic E-state index is -0.652. The third-order valence-electron chi connectivity index (χ3n) is 11.2. The standard InChI is InChI=1S/C50H95NO3/c1-3-5-7-8-9-10-11-12-13-14-15-16-17-18-19-20-21-22-23-24-25-26-27-28-29-30-31-32-33-34-35-36-37-38-39-40-41-42-44-46-50(54)51-48(47-52)49(53)45-43-6-4-2/h11-12,14-15,17-18,48-49,52-53H,3-10,13,16,19-47H2,1-2H3,(H,51,54)/b12-11-,15-14-,18-17-. The number of rotatable bonds is 44. The fraction of sp³-hybridized carbons (Fsp3) is 0.860. The molecule has 2 atom stereocenters. The molecule has 0 aliphatic carbocycles. The molecular formula is C50H95NO3. The molecule has 0 saturated heterocycles. The van der Waals surface area contributed by atoms with E-state index in [9.17, 15) is 15.0 Å². The molecule has 0 spiro atoms. The Hall–Kier alpha value is -1.39. The second-order valence-electron chi connectivity index (χ2n) is 16.5. The molecule has 0 radical (unpaired) electrons. The molecule has 4 nitrogen and oxygen atoms in total. The van der Waals surface area contributed by atoms with E-state index in [1.165, 1.54) is 186 Å². The highest BCUT2D eigenvalue weighted by Crippen LogP contribution is 2.16. The van der Waals surface area contributed by atoms with Crippen molar-refractivity contribution in [2.45, 2.75) is 270 Å². The first-order chi connectivity index (χ1) is 26.7. The van der Waals surface area contributed by atoms with Crippen LogP contribution < -0.4 is 5.32 Å². The summed E-state index contributed by atoms with van der Waals surface area (Å²) in [4.78, 5) is 12.2. The summed E-state index contributed by atoms with van der Waals surface area (Å²) in [5.41, 5.74) is 0. The third-order valence-corrected chi connectivity index (χ3v) is 11.2. The number of hydrogen-bond donors (Lipinski definition) is 3. The highest BCUT2D eigenvalue weighted by molar-refractivity contribution is 5.76. The lowest BCUT2D eigenvalue weighted by Gasteiger charge is -2.22. The van der Waals surface area contributed by atoms with E-state index in [1.807, 2.05) is 0 Å². The van der Waals surface area contributed by atoms with Crippen molar-refractivity contribution in [3.05, 3.63) is 36.5 Å². The quantitative estimate of drug-likeness (QED) is 0.0428. The average molecular weight is 758 g/mol. The van der Waals surface area contributed by atoms with Gasteiger partial charge in [-0.2, -0.15) is 0 Å². The molecule has 4 heteroatoms. The van der Waals surface area contributed by atoms with Crippen molar-refractivity contribution in [3.63, 3.8) is 0 Å². The lowest BCUT2D eigenvalue weighted by atomic mass is 10.0. The number of amides is 1. The van der Waals surface area contributed by atoms with Crippen molar-refractivity contribution in [3.8, 4) is 0 Å². The third kappa shape index (κ3) is 41.8. The van der Waals surface area contributed by atoms with E-state index in [0.717, 1.165) is 44.9 Å². The van der Waals surface area contributed by atoms with Gasteiger partial charge in [0.05, 0.1) is 18.8 Å². The number of unbranched alkanes of at least 4 members (excludes halogenated alkanes) is 31. The summed E-state index contributed by atoms with van der Waals surface area (Å²) < 4.78 is 0. The molecule has 0 aliphatic rings. The highest BCUT2D eigenvalue weighted by atomic mass is 16.3. The normalized spacial score (nSPS) is 13.2. The van der Waals surface area contributed by atoms with Gasteiger partial charge >= 0.3 is 0 Å². The van der Waals surface area contributed by atoms with Crippen LogP contribution >= 0.6 is 0 Å². The number of nitrogens with one attached hydrogen (secondary N) is 1. The van der Waals surface area contributed by atoms with Gasteiger partial charge in [0.2, 0.25) is 5.91 Å². The number of aliphatic hydroxyl groups excluding tert-OH is 2. The molecule has 54 heavy (non-hydrogen) atoms. The van der Waals surface area contributed by atoms with Gasteiger partial charge in [0, 0.05) is 6.42 Å². The molecule has 0 aliphatic heterocycles. The first-order valence-electron chi connectivity index (χ1n) is 24.2. The molecular weight excluding hydrogens is 663 g/mol. The Morgan fingerprint density at radius 3 is 1.13 bits per heavy atom. The van der Waals surface area contributed by atoms with Crippen LogP contribution in [0.15, 0.2) is 36.5 Å². The fourth-order valence-electron chi connectivity index (χ4n) is 7.43. The Morgan fingerprint density at radius 2 is 0.759 bits per heavy atom. The summed E-state index contributed by atoms with van der Waals surface area (Å²) in [7, 11) is 0. The van der Waals surface area contributed by atoms with Crippen LogP contribution in [-0.2, 0) is 4.79 Å². The van der Waals surface area contributed by atoms with Crippen LogP contribution in [0, 0.1) is 0 Å². The largest absolute Gasteiger partial charge is 0.394 e. The van der Waals surface area contributed by atoms with Gasteiger partial charge in [0.25, 0.3) is 0 Å². The van der Waals surface area contributed by atoms with Gasteiger partial charge in [-0.05, 0) is 51.4 Å². The van der Waals surface area contributed by atoms with E-state index in [2.05, 4.69) is 55.6 Å². The molecule has 318 valence electrons. The SMILES string of the molecule is CCCCCCC/C=C\C/C=C\C/C=C\CCCCCCCCCCCCCCCCCCCCCCCCCCC(=O)NC(CO)C(O)CCCCC. The van der Waals surface area contributed by atoms with Crippen LogP contribution in [0.2, 0.25) is 0 Å². The van der Waals surface area contributed by atoms with Crippen LogP contribution in [0.1, 0.15) is 258 Å². The Labute approximate surface area is 338 Å². The smallest absolute Gasteiger partial charge is 0.220 e. The zero-order valence-corrected chi connectivity index (χ0v) is 36.5. The fourth-order valence-corrected chi connectivity index (χ4v) is 7.43. The Morgan fingerprint density at radius 1 is 0.444 bits per heavy atom. The molecule has 1 amide bonds. The molecule has 0 aromatic rings. The molecule has 0 aromatic heterocycles. The van der Waals surface area contributed by atoms with E-state index in [-0.39, 0.29) is 12.5 Å². The van der Waals surface area contributed by atoms with E-state index in [4.69, 9.17) is 0 Å². The maximum absolute atomic E-state index is 12.2. The van der Waals surface area contributed by atoms with Gasteiger partial charge in [-0.1, -0.05) is 237 Å². The Balaban J connectivity index is 3.28. The molecule has 0 saturated carbocycles. The van der Waals surface area contributed by atoms with Gasteiger partial charge in [0.1, 0.15) is 0 Å². The maximum atomic E-state index is 12.2. The van der Waals surface area contributed by atoms with Crippen molar-refractivity contribution in [1.29, 1.82) is 0 Å². The Bertz CT molecular complexity index is 821. The van der Waals surface area contributed by atoms with Gasteiger partial charge < -0.3 is 15.5 Å². The highest BCUT2D eigenvalue weighted by Gasteiger charge is 2.19. The summed E-state index contributed by atoms with van der Waals surface area (Å²) in [5, 5.41) is 22.6. The molecule has 3 N–H and O–H groups in total. The zero-order valence-electron chi connectivity index (χ0n) is 36.5. The number of aliphatic hydroxyl groups is 2. The lowest BCUT2D eigenvalue weighted by Crippen LogP contribution is -2.45. The average Bonchev–Trinajstić information content (AvgIpc) is 3.17. The summed E-state index contributed by atoms with van der Waals surface area (Å²) in [5.74, 6) is -0.0400. The van der Waals surface area contributed by atoms with Gasteiger partial charge in [0.15, 0.2) is 0 Å². The molecule has 0 rings (SSSR count). The van der Waals surface area contributed by atoms with Gasteiger partial charge in [-0.3, -0.25) is 4.79 Å². The first-order valence-corrected chi connectivity index (χ1v) is 24.2.